The maximum atomic E-state index is 13.3. The van der Waals surface area contributed by atoms with E-state index in [-0.39, 0.29) is 11.3 Å². The largest absolute Gasteiger partial charge is 0.508 e. The molecule has 1 aliphatic rings. The van der Waals surface area contributed by atoms with Crippen molar-refractivity contribution in [3.63, 3.8) is 0 Å². The Morgan fingerprint density at radius 3 is 2.53 bits per heavy atom. The van der Waals surface area contributed by atoms with Crippen molar-refractivity contribution in [3.8, 4) is 5.75 Å². The number of carbonyl (C=O) groups is 2. The predicted octanol–water partition coefficient (Wildman–Crippen LogP) is 5.46. The fraction of sp³-hybridized carbons (Fsp3) is 0.125. The van der Waals surface area contributed by atoms with Crippen molar-refractivity contribution in [1.82, 2.24) is 4.98 Å². The van der Waals surface area contributed by atoms with Gasteiger partial charge in [0.15, 0.2) is 10.9 Å². The van der Waals surface area contributed by atoms with E-state index in [1.54, 1.807) is 29.6 Å². The van der Waals surface area contributed by atoms with E-state index in [0.717, 1.165) is 21.3 Å². The van der Waals surface area contributed by atoms with Crippen molar-refractivity contribution in [2.75, 3.05) is 4.90 Å². The van der Waals surface area contributed by atoms with Gasteiger partial charge in [-0.25, -0.2) is 4.98 Å². The van der Waals surface area contributed by atoms with E-state index in [2.05, 4.69) is 0 Å². The van der Waals surface area contributed by atoms with Crippen molar-refractivity contribution in [2.45, 2.75) is 19.9 Å². The van der Waals surface area contributed by atoms with Gasteiger partial charge in [-0.2, -0.15) is 0 Å². The third kappa shape index (κ3) is 3.19. The fourth-order valence-corrected chi connectivity index (χ4v) is 5.86. The molecule has 1 amide bonds. The van der Waals surface area contributed by atoms with E-state index in [1.807, 2.05) is 26.0 Å². The van der Waals surface area contributed by atoms with Gasteiger partial charge in [-0.3, -0.25) is 14.5 Å². The summed E-state index contributed by atoms with van der Waals surface area (Å²) >= 11 is 2.59. The number of aliphatic hydroxyl groups excluding tert-OH is 1. The summed E-state index contributed by atoms with van der Waals surface area (Å²) in [6.07, 6.45) is 0. The normalized spacial score (nSPS) is 16.4. The summed E-state index contributed by atoms with van der Waals surface area (Å²) in [5, 5.41) is 22.7. The van der Waals surface area contributed by atoms with Crippen molar-refractivity contribution in [2.24, 2.45) is 0 Å². The number of phenolic OH excluding ortho intramolecular Hbond substituents is 1. The summed E-state index contributed by atoms with van der Waals surface area (Å²) in [6.45, 7) is 3.96. The number of ketones is 1. The summed E-state index contributed by atoms with van der Waals surface area (Å²) in [7, 11) is 0. The molecule has 1 atom stereocenters. The van der Waals surface area contributed by atoms with Crippen LogP contribution in [-0.2, 0) is 4.79 Å². The number of aliphatic hydroxyl groups is 1. The quantitative estimate of drug-likeness (QED) is 0.393. The minimum atomic E-state index is -0.861. The molecule has 0 saturated heterocycles. The third-order valence-electron chi connectivity index (χ3n) is 5.43. The molecule has 0 spiro atoms. The van der Waals surface area contributed by atoms with E-state index < -0.39 is 23.5 Å². The molecule has 0 bridgehead atoms. The summed E-state index contributed by atoms with van der Waals surface area (Å²) < 4.78 is 0.923. The highest BCUT2D eigenvalue weighted by atomic mass is 32.1. The maximum absolute atomic E-state index is 13.3. The van der Waals surface area contributed by atoms with Gasteiger partial charge in [0.05, 0.1) is 26.7 Å². The molecule has 0 radical (unpaired) electrons. The molecule has 5 rings (SSSR count). The van der Waals surface area contributed by atoms with Gasteiger partial charge in [0, 0.05) is 0 Å². The lowest BCUT2D eigenvalue weighted by Crippen LogP contribution is -2.30. The molecule has 0 fully saturated rings. The van der Waals surface area contributed by atoms with Crippen LogP contribution in [0.2, 0.25) is 0 Å². The van der Waals surface area contributed by atoms with E-state index in [1.165, 1.54) is 39.7 Å². The van der Waals surface area contributed by atoms with Crippen molar-refractivity contribution < 1.29 is 19.8 Å². The Kier molecular flexibility index (Phi) is 4.83. The van der Waals surface area contributed by atoms with Crippen molar-refractivity contribution in [3.05, 3.63) is 86.8 Å². The Bertz CT molecular complexity index is 1400. The van der Waals surface area contributed by atoms with E-state index in [0.29, 0.717) is 15.6 Å². The smallest absolute Gasteiger partial charge is 0.296 e. The molecule has 6 nitrogen and oxygen atoms in total. The van der Waals surface area contributed by atoms with Crippen LogP contribution in [0.1, 0.15) is 32.4 Å². The number of benzene rings is 2. The number of rotatable bonds is 4. The summed E-state index contributed by atoms with van der Waals surface area (Å²) in [5.74, 6) is -1.58. The van der Waals surface area contributed by atoms with Crippen LogP contribution in [0, 0.1) is 13.8 Å². The highest BCUT2D eigenvalue weighted by Crippen LogP contribution is 2.45. The molecule has 32 heavy (non-hydrogen) atoms. The van der Waals surface area contributed by atoms with Gasteiger partial charge < -0.3 is 10.2 Å². The van der Waals surface area contributed by atoms with E-state index in [4.69, 9.17) is 4.98 Å². The first kappa shape index (κ1) is 20.4. The van der Waals surface area contributed by atoms with Gasteiger partial charge in [0.25, 0.3) is 5.91 Å². The molecule has 2 aromatic carbocycles. The van der Waals surface area contributed by atoms with Crippen LogP contribution in [-0.4, -0.2) is 26.9 Å². The average molecular weight is 463 g/mol. The van der Waals surface area contributed by atoms with E-state index >= 15 is 0 Å². The van der Waals surface area contributed by atoms with Crippen molar-refractivity contribution >= 4 is 49.7 Å². The van der Waals surface area contributed by atoms with Crippen LogP contribution in [0.25, 0.3) is 10.2 Å². The molecule has 3 heterocycles. The minimum Gasteiger partial charge on any atom is -0.508 e. The Morgan fingerprint density at radius 2 is 1.84 bits per heavy atom. The Balaban J connectivity index is 1.70. The predicted molar refractivity (Wildman–Crippen MR) is 126 cm³/mol. The molecule has 2 aromatic heterocycles. The number of fused-ring (bicyclic) bond motifs is 1. The first-order valence-electron chi connectivity index (χ1n) is 9.86. The van der Waals surface area contributed by atoms with Gasteiger partial charge in [-0.15, -0.1) is 11.3 Å². The molecular weight excluding hydrogens is 444 g/mol. The summed E-state index contributed by atoms with van der Waals surface area (Å²) in [5.41, 5.74) is 3.46. The summed E-state index contributed by atoms with van der Waals surface area (Å²) in [4.78, 5) is 33.1. The molecular formula is C24H18N2O4S2. The highest BCUT2D eigenvalue weighted by molar-refractivity contribution is 7.22. The second kappa shape index (κ2) is 7.58. The van der Waals surface area contributed by atoms with E-state index in [9.17, 15) is 19.8 Å². The average Bonchev–Trinajstić information content (AvgIpc) is 3.48. The topological polar surface area (TPSA) is 90.7 Å². The Labute approximate surface area is 191 Å². The molecule has 160 valence electrons. The number of aromatic nitrogens is 1. The van der Waals surface area contributed by atoms with Gasteiger partial charge in [0.2, 0.25) is 5.78 Å². The molecule has 1 unspecified atom stereocenters. The molecule has 1 aliphatic heterocycles. The Morgan fingerprint density at radius 1 is 1.09 bits per heavy atom. The monoisotopic (exact) mass is 462 g/mol. The van der Waals surface area contributed by atoms with Crippen LogP contribution < -0.4 is 4.90 Å². The molecule has 0 aliphatic carbocycles. The van der Waals surface area contributed by atoms with Gasteiger partial charge in [-0.1, -0.05) is 35.6 Å². The van der Waals surface area contributed by atoms with Crippen LogP contribution >= 0.6 is 22.7 Å². The second-order valence-corrected chi connectivity index (χ2v) is 9.62. The number of thiazole rings is 1. The number of Topliss-reactive ketones (excluding diaryl/α,β-unsaturated/α-hetero) is 1. The summed E-state index contributed by atoms with van der Waals surface area (Å²) in [6, 6.07) is 12.8. The Hall–Kier alpha value is -3.49. The SMILES string of the molecule is Cc1cc(C)c2nc(N3C(=O)C(O)=C(C(=O)c4cccs4)C3c3ccc(O)cc3)sc2c1. The van der Waals surface area contributed by atoms with Crippen molar-refractivity contribution in [1.29, 1.82) is 0 Å². The number of hydrogen-bond donors (Lipinski definition) is 2. The van der Waals surface area contributed by atoms with Crippen LogP contribution in [0.5, 0.6) is 5.75 Å². The standard InChI is InChI=1S/C24H18N2O4S2/c1-12-10-13(2)19-17(11-12)32-24(25-19)26-20(14-5-7-15(27)8-6-14)18(22(29)23(26)30)21(28)16-4-3-9-31-16/h3-11,20,27,29H,1-2H3. The third-order valence-corrected chi connectivity index (χ3v) is 7.30. The molecule has 0 saturated carbocycles. The first-order chi connectivity index (χ1) is 15.3. The molecule has 4 aromatic rings. The van der Waals surface area contributed by atoms with Crippen LogP contribution in [0.3, 0.4) is 0 Å². The lowest BCUT2D eigenvalue weighted by Gasteiger charge is -2.24. The molecule has 2 N–H and O–H groups in total. The number of aryl methyl sites for hydroxylation is 2. The number of anilines is 1. The number of carbonyl (C=O) groups excluding carboxylic acids is 2. The number of amides is 1. The zero-order valence-corrected chi connectivity index (χ0v) is 18.8. The maximum Gasteiger partial charge on any atom is 0.296 e. The first-order valence-corrected chi connectivity index (χ1v) is 11.6. The lowest BCUT2D eigenvalue weighted by molar-refractivity contribution is -0.117. The zero-order valence-electron chi connectivity index (χ0n) is 17.2. The van der Waals surface area contributed by atoms with Gasteiger partial charge >= 0.3 is 0 Å². The number of hydrogen-bond acceptors (Lipinski definition) is 7. The number of phenols is 1. The number of nitrogens with zero attached hydrogens (tertiary/aromatic N) is 2. The van der Waals surface area contributed by atoms with Crippen LogP contribution in [0.15, 0.2) is 65.2 Å². The number of thiophene rings is 1. The lowest BCUT2D eigenvalue weighted by atomic mass is 9.95. The van der Waals surface area contributed by atoms with Gasteiger partial charge in [0.1, 0.15) is 5.75 Å². The fourth-order valence-electron chi connectivity index (χ4n) is 4.01. The number of aromatic hydroxyl groups is 1. The molecule has 8 heteroatoms. The highest BCUT2D eigenvalue weighted by Gasteiger charge is 2.46. The second-order valence-electron chi connectivity index (χ2n) is 7.66. The minimum absolute atomic E-state index is 0.00954. The van der Waals surface area contributed by atoms with Gasteiger partial charge in [-0.05, 0) is 60.2 Å². The van der Waals surface area contributed by atoms with Crippen LogP contribution in [0.4, 0.5) is 5.13 Å². The zero-order chi connectivity index (χ0) is 22.6.